The van der Waals surface area contributed by atoms with Gasteiger partial charge >= 0.3 is 6.03 Å². The van der Waals surface area contributed by atoms with E-state index in [1.807, 2.05) is 5.32 Å². The molecule has 7 nitrogen and oxygen atoms in total. The fraction of sp³-hybridized carbons (Fsp3) is 0.571. The van der Waals surface area contributed by atoms with Gasteiger partial charge in [0.1, 0.15) is 0 Å². The van der Waals surface area contributed by atoms with Crippen molar-refractivity contribution in [1.29, 1.82) is 0 Å². The van der Waals surface area contributed by atoms with Crippen molar-refractivity contribution >= 4 is 17.8 Å². The van der Waals surface area contributed by atoms with Gasteiger partial charge in [0.15, 0.2) is 0 Å². The lowest BCUT2D eigenvalue weighted by Crippen LogP contribution is -2.42. The molecule has 14 heavy (non-hydrogen) atoms. The monoisotopic (exact) mass is 202 g/mol. The second-order valence-corrected chi connectivity index (χ2v) is 2.57. The van der Waals surface area contributed by atoms with Gasteiger partial charge in [0, 0.05) is 20.0 Å². The molecule has 0 saturated carbocycles. The molecule has 5 N–H and O–H groups in total. The van der Waals surface area contributed by atoms with E-state index in [9.17, 15) is 14.4 Å². The number of carbonyl (C=O) groups is 3. The van der Waals surface area contributed by atoms with Crippen molar-refractivity contribution < 1.29 is 14.4 Å². The lowest BCUT2D eigenvalue weighted by atomic mass is 10.5. The van der Waals surface area contributed by atoms with Crippen molar-refractivity contribution in [1.82, 2.24) is 16.0 Å². The van der Waals surface area contributed by atoms with Crippen LogP contribution in [0.4, 0.5) is 4.79 Å². The van der Waals surface area contributed by atoms with Crippen LogP contribution in [-0.4, -0.2) is 37.5 Å². The summed E-state index contributed by atoms with van der Waals surface area (Å²) in [5.41, 5.74) is 4.71. The Bertz CT molecular complexity index is 229. The highest BCUT2D eigenvalue weighted by Crippen LogP contribution is 1.65. The first-order valence-corrected chi connectivity index (χ1v) is 4.07. The maximum Gasteiger partial charge on any atom is 0.318 e. The molecule has 0 atom stereocenters. The van der Waals surface area contributed by atoms with Gasteiger partial charge < -0.3 is 16.4 Å². The number of imide groups is 1. The van der Waals surface area contributed by atoms with Crippen LogP contribution in [0.15, 0.2) is 0 Å². The third kappa shape index (κ3) is 8.47. The minimum Gasteiger partial charge on any atom is -0.355 e. The summed E-state index contributed by atoms with van der Waals surface area (Å²) in [4.78, 5) is 31.4. The van der Waals surface area contributed by atoms with Gasteiger partial charge in [-0.1, -0.05) is 0 Å². The number of amides is 4. The maximum atomic E-state index is 10.8. The van der Waals surface area contributed by atoms with Crippen LogP contribution in [0.5, 0.6) is 0 Å². The lowest BCUT2D eigenvalue weighted by molar-refractivity contribution is -0.119. The van der Waals surface area contributed by atoms with Crippen LogP contribution in [0.25, 0.3) is 0 Å². The zero-order valence-electron chi connectivity index (χ0n) is 7.92. The zero-order chi connectivity index (χ0) is 11.0. The molecule has 0 aromatic carbocycles. The van der Waals surface area contributed by atoms with E-state index in [-0.39, 0.29) is 12.5 Å². The first-order chi connectivity index (χ1) is 6.52. The van der Waals surface area contributed by atoms with Gasteiger partial charge in [0.25, 0.3) is 0 Å². The molecule has 0 saturated heterocycles. The van der Waals surface area contributed by atoms with Crippen LogP contribution in [-0.2, 0) is 9.59 Å². The summed E-state index contributed by atoms with van der Waals surface area (Å²) >= 11 is 0. The Labute approximate surface area is 81.4 Å². The van der Waals surface area contributed by atoms with E-state index >= 15 is 0 Å². The van der Waals surface area contributed by atoms with Gasteiger partial charge in [-0.15, -0.1) is 0 Å². The molecule has 0 aromatic heterocycles. The highest BCUT2D eigenvalue weighted by molar-refractivity contribution is 5.94. The maximum absolute atomic E-state index is 10.8. The zero-order valence-corrected chi connectivity index (χ0v) is 7.92. The fourth-order valence-electron chi connectivity index (χ4n) is 0.710. The van der Waals surface area contributed by atoms with Crippen molar-refractivity contribution in [2.45, 2.75) is 6.92 Å². The van der Waals surface area contributed by atoms with E-state index in [4.69, 9.17) is 5.73 Å². The second kappa shape index (κ2) is 6.84. The van der Waals surface area contributed by atoms with Gasteiger partial charge in [-0.05, 0) is 0 Å². The summed E-state index contributed by atoms with van der Waals surface area (Å²) in [6, 6.07) is -0.876. The third-order valence-corrected chi connectivity index (χ3v) is 1.22. The summed E-state index contributed by atoms with van der Waals surface area (Å²) in [5.74, 6) is -0.631. The number of carbonyl (C=O) groups excluding carboxylic acids is 3. The predicted octanol–water partition coefficient (Wildman–Crippen LogP) is -2.09. The lowest BCUT2D eigenvalue weighted by Gasteiger charge is -2.04. The molecule has 0 aliphatic rings. The number of rotatable bonds is 5. The Morgan fingerprint density at radius 1 is 1.21 bits per heavy atom. The van der Waals surface area contributed by atoms with E-state index in [1.54, 1.807) is 0 Å². The molecule has 0 fully saturated rings. The van der Waals surface area contributed by atoms with E-state index in [0.29, 0.717) is 13.1 Å². The van der Waals surface area contributed by atoms with Crippen LogP contribution >= 0.6 is 0 Å². The molecule has 0 unspecified atom stereocenters. The van der Waals surface area contributed by atoms with Crippen LogP contribution in [0, 0.1) is 0 Å². The van der Waals surface area contributed by atoms with Gasteiger partial charge in [-0.3, -0.25) is 14.9 Å². The van der Waals surface area contributed by atoms with Crippen LogP contribution in [0.1, 0.15) is 6.92 Å². The minimum atomic E-state index is -0.876. The Balaban J connectivity index is 3.32. The van der Waals surface area contributed by atoms with E-state index in [1.165, 1.54) is 6.92 Å². The normalized spacial score (nSPS) is 9.21. The van der Waals surface area contributed by atoms with Crippen molar-refractivity contribution in [3.63, 3.8) is 0 Å². The molecule has 4 amide bonds. The summed E-state index contributed by atoms with van der Waals surface area (Å²) in [6.45, 7) is 2.27. The summed E-state index contributed by atoms with van der Waals surface area (Å²) in [5, 5.41) is 7.14. The summed E-state index contributed by atoms with van der Waals surface area (Å²) in [7, 11) is 0. The molecule has 0 spiro atoms. The van der Waals surface area contributed by atoms with Crippen molar-refractivity contribution in [3.05, 3.63) is 0 Å². The average molecular weight is 202 g/mol. The number of hydrogen-bond donors (Lipinski definition) is 4. The van der Waals surface area contributed by atoms with Gasteiger partial charge in [-0.2, -0.15) is 0 Å². The predicted molar refractivity (Wildman–Crippen MR) is 49.3 cm³/mol. The Morgan fingerprint density at radius 3 is 2.36 bits per heavy atom. The molecule has 0 heterocycles. The molecular formula is C7H14N4O3. The fourth-order valence-corrected chi connectivity index (χ4v) is 0.710. The number of urea groups is 1. The smallest absolute Gasteiger partial charge is 0.318 e. The van der Waals surface area contributed by atoms with E-state index in [0.717, 1.165) is 0 Å². The highest BCUT2D eigenvalue weighted by Gasteiger charge is 2.01. The van der Waals surface area contributed by atoms with Crippen molar-refractivity contribution in [3.8, 4) is 0 Å². The second-order valence-electron chi connectivity index (χ2n) is 2.57. The first kappa shape index (κ1) is 12.4. The van der Waals surface area contributed by atoms with Crippen molar-refractivity contribution in [2.75, 3.05) is 19.6 Å². The Hall–Kier alpha value is -1.63. The molecule has 7 heteroatoms. The number of nitrogens with two attached hydrogens (primary N) is 1. The molecule has 0 aliphatic heterocycles. The standard InChI is InChI=1S/C7H14N4O3/c1-5(12)10-3-2-9-4-6(13)11-7(8)14/h9H,2-4H2,1H3,(H,10,12)(H3,8,11,13,14). The van der Waals surface area contributed by atoms with Gasteiger partial charge in [0.2, 0.25) is 11.8 Å². The topological polar surface area (TPSA) is 113 Å². The molecule has 0 aromatic rings. The van der Waals surface area contributed by atoms with Gasteiger partial charge in [-0.25, -0.2) is 4.79 Å². The van der Waals surface area contributed by atoms with Crippen LogP contribution in [0.2, 0.25) is 0 Å². The van der Waals surface area contributed by atoms with Crippen LogP contribution < -0.4 is 21.7 Å². The molecule has 0 aliphatic carbocycles. The first-order valence-electron chi connectivity index (χ1n) is 4.07. The van der Waals surface area contributed by atoms with Gasteiger partial charge in [0.05, 0.1) is 6.54 Å². The Kier molecular flexibility index (Phi) is 6.04. The number of hydrogen-bond acceptors (Lipinski definition) is 4. The van der Waals surface area contributed by atoms with Crippen LogP contribution in [0.3, 0.4) is 0 Å². The molecule has 0 radical (unpaired) electrons. The third-order valence-electron chi connectivity index (χ3n) is 1.22. The number of primary amides is 1. The van der Waals surface area contributed by atoms with E-state index in [2.05, 4.69) is 10.6 Å². The molecule has 0 bridgehead atoms. The van der Waals surface area contributed by atoms with E-state index < -0.39 is 11.9 Å². The Morgan fingerprint density at radius 2 is 1.86 bits per heavy atom. The molecular weight excluding hydrogens is 188 g/mol. The minimum absolute atomic E-state index is 0.0114. The SMILES string of the molecule is CC(=O)NCCNCC(=O)NC(N)=O. The molecule has 80 valence electrons. The number of nitrogens with one attached hydrogen (secondary N) is 3. The summed E-state index contributed by atoms with van der Waals surface area (Å²) < 4.78 is 0. The summed E-state index contributed by atoms with van der Waals surface area (Å²) in [6.07, 6.45) is 0. The van der Waals surface area contributed by atoms with Crippen molar-refractivity contribution in [2.24, 2.45) is 5.73 Å². The highest BCUT2D eigenvalue weighted by atomic mass is 16.2. The average Bonchev–Trinajstić information content (AvgIpc) is 2.01. The quantitative estimate of drug-likeness (QED) is 0.383. The largest absolute Gasteiger partial charge is 0.355 e. The molecule has 0 rings (SSSR count).